The zero-order chi connectivity index (χ0) is 44.9. The molecule has 0 saturated heterocycles. The van der Waals surface area contributed by atoms with E-state index in [0.29, 0.717) is 56.3 Å². The molecule has 0 aliphatic carbocycles. The minimum atomic E-state index is -0.681. The number of methoxy groups -OCH3 is 2. The lowest BCUT2D eigenvalue weighted by atomic mass is 10.00. The predicted octanol–water partition coefficient (Wildman–Crippen LogP) is 5.59. The fourth-order valence-corrected chi connectivity index (χ4v) is 7.92. The third-order valence-electron chi connectivity index (χ3n) is 10.7. The summed E-state index contributed by atoms with van der Waals surface area (Å²) < 4.78 is 14.9. The Morgan fingerprint density at radius 3 is 1.34 bits per heavy atom. The fraction of sp³-hybridized carbons (Fsp3) is 0.267. The Hall–Kier alpha value is -7.11. The molecule has 2 aromatic heterocycles. The maximum Gasteiger partial charge on any atom is 0.314 e. The Kier molecular flexibility index (Phi) is 13.0. The number of carbonyl (C=O) groups excluding carboxylic acids is 3. The Labute approximate surface area is 378 Å². The molecule has 4 aromatic carbocycles. The van der Waals surface area contributed by atoms with Crippen molar-refractivity contribution >= 4 is 52.5 Å². The van der Waals surface area contributed by atoms with Crippen LogP contribution < -0.4 is 30.7 Å². The lowest BCUT2D eigenvalue weighted by Gasteiger charge is -2.14. The monoisotopic (exact) mass is 902 g/mol. The van der Waals surface area contributed by atoms with Gasteiger partial charge in [0, 0.05) is 58.5 Å². The van der Waals surface area contributed by atoms with Crippen LogP contribution in [0.25, 0.3) is 11.4 Å². The summed E-state index contributed by atoms with van der Waals surface area (Å²) in [5.41, 5.74) is 6.09. The molecule has 0 spiro atoms. The third kappa shape index (κ3) is 9.30. The molecule has 6 aromatic rings. The molecule has 1 unspecified atom stereocenters. The van der Waals surface area contributed by atoms with Crippen LogP contribution in [0, 0.1) is 13.8 Å². The molecule has 328 valence electrons. The lowest BCUT2D eigenvalue weighted by molar-refractivity contribution is -0.122. The predicted molar refractivity (Wildman–Crippen MR) is 242 cm³/mol. The van der Waals surface area contributed by atoms with Gasteiger partial charge in [-0.1, -0.05) is 47.5 Å². The van der Waals surface area contributed by atoms with Crippen LogP contribution >= 0.6 is 23.2 Å². The van der Waals surface area contributed by atoms with Crippen LogP contribution in [0.3, 0.4) is 0 Å². The van der Waals surface area contributed by atoms with E-state index in [0.717, 1.165) is 33.6 Å². The number of fused-ring (bicyclic) bond motifs is 6. The average Bonchev–Trinajstić information content (AvgIpc) is 3.80. The number of urea groups is 1. The molecule has 64 heavy (non-hydrogen) atoms. The van der Waals surface area contributed by atoms with E-state index in [1.807, 2.05) is 83.6 Å². The van der Waals surface area contributed by atoms with Gasteiger partial charge in [-0.15, -0.1) is 20.4 Å². The molecule has 2 aliphatic heterocycles. The summed E-state index contributed by atoms with van der Waals surface area (Å²) in [5, 5.41) is 29.9. The highest BCUT2D eigenvalue weighted by atomic mass is 35.5. The Bertz CT molecular complexity index is 2600. The topological polar surface area (TPSA) is 204 Å². The van der Waals surface area contributed by atoms with E-state index in [1.165, 1.54) is 0 Å². The van der Waals surface area contributed by atoms with Crippen LogP contribution in [-0.4, -0.2) is 99.2 Å². The van der Waals surface area contributed by atoms with E-state index < -0.39 is 18.1 Å². The van der Waals surface area contributed by atoms with Crippen molar-refractivity contribution in [3.05, 3.63) is 141 Å². The first-order chi connectivity index (χ1) is 31.0. The number of ether oxygens (including phenoxy) is 2. The summed E-state index contributed by atoms with van der Waals surface area (Å²) in [7, 11) is 3.20. The maximum absolute atomic E-state index is 13.4. The second-order valence-electron chi connectivity index (χ2n) is 14.9. The summed E-state index contributed by atoms with van der Waals surface area (Å²) in [6.45, 7) is 4.31. The van der Waals surface area contributed by atoms with Crippen molar-refractivity contribution in [2.75, 3.05) is 40.4 Å². The van der Waals surface area contributed by atoms with Crippen molar-refractivity contribution in [2.24, 2.45) is 9.98 Å². The van der Waals surface area contributed by atoms with Crippen LogP contribution in [-0.2, 0) is 9.59 Å². The minimum absolute atomic E-state index is 0.0272. The summed E-state index contributed by atoms with van der Waals surface area (Å²) in [6, 6.07) is 24.2. The van der Waals surface area contributed by atoms with Gasteiger partial charge in [0.05, 0.1) is 49.9 Å². The summed E-state index contributed by atoms with van der Waals surface area (Å²) >= 11 is 12.4. The number of hydrogen-bond donors (Lipinski definition) is 4. The highest BCUT2D eigenvalue weighted by Gasteiger charge is 2.32. The highest BCUT2D eigenvalue weighted by molar-refractivity contribution is 6.31. The van der Waals surface area contributed by atoms with Gasteiger partial charge >= 0.3 is 6.03 Å². The molecule has 19 heteroatoms. The number of aliphatic imine (C=N–C) groups is 2. The summed E-state index contributed by atoms with van der Waals surface area (Å²) in [6.07, 6.45) is -0.0545. The third-order valence-corrected chi connectivity index (χ3v) is 11.2. The van der Waals surface area contributed by atoms with E-state index >= 15 is 0 Å². The second-order valence-corrected chi connectivity index (χ2v) is 15.8. The lowest BCUT2D eigenvalue weighted by Crippen LogP contribution is -2.43. The number of aromatic nitrogens is 6. The minimum Gasteiger partial charge on any atom is -0.497 e. The Balaban J connectivity index is 0.847. The first kappa shape index (κ1) is 43.5. The van der Waals surface area contributed by atoms with Gasteiger partial charge in [-0.2, -0.15) is 0 Å². The Morgan fingerprint density at radius 1 is 0.562 bits per heavy atom. The molecule has 0 fully saturated rings. The van der Waals surface area contributed by atoms with Crippen LogP contribution in [0.15, 0.2) is 94.9 Å². The largest absolute Gasteiger partial charge is 0.497 e. The number of amides is 4. The number of rotatable bonds is 14. The molecule has 0 radical (unpaired) electrons. The van der Waals surface area contributed by atoms with Gasteiger partial charge in [0.25, 0.3) is 0 Å². The molecule has 2 aliphatic rings. The van der Waals surface area contributed by atoms with Crippen LogP contribution in [0.1, 0.15) is 70.5 Å². The van der Waals surface area contributed by atoms with Crippen molar-refractivity contribution in [3.8, 4) is 22.9 Å². The van der Waals surface area contributed by atoms with Gasteiger partial charge in [0.15, 0.2) is 11.6 Å². The molecule has 4 heterocycles. The standard InChI is InChI=1S/C45H44Cl2N12O5/c1-25-54-56-43-35(52-41(27-5-9-29(46)10-6-27)33-21-31(63-3)13-15-37(33)58(25)43)23-39(60)48-17-19-50-45(62)51-20-18-49-40(61)24-36-44-57-55-26(2)59(44)38-16-14-32(64-4)22-34(38)42(53-36)28-7-11-30(47)12-8-28/h5-16,21-22,35-36H,17-20,23-24H2,1-4H3,(H,48,60)(H,49,61)(H2,50,51,62)/t35-,36?/m0/s1. The average molecular weight is 904 g/mol. The quantitative estimate of drug-likeness (QED) is 0.101. The summed E-state index contributed by atoms with van der Waals surface area (Å²) in [4.78, 5) is 49.6. The number of benzene rings is 4. The molecule has 0 saturated carbocycles. The molecule has 0 bridgehead atoms. The zero-order valence-corrected chi connectivity index (χ0v) is 36.9. The Morgan fingerprint density at radius 2 is 0.953 bits per heavy atom. The van der Waals surface area contributed by atoms with Gasteiger partial charge in [-0.3, -0.25) is 28.7 Å². The van der Waals surface area contributed by atoms with Crippen LogP contribution in [0.5, 0.6) is 11.5 Å². The number of hydrogen-bond acceptors (Lipinski definition) is 11. The second kappa shape index (κ2) is 19.1. The molecule has 4 amide bonds. The SMILES string of the molecule is COc1ccc2c(c1)C(c1ccc(Cl)cc1)=NC(CC(=O)NCCNC(=O)NCCNC(=O)C[C@@H]1N=C(c3ccc(Cl)cc3)c3cc(OC)ccc3-n3c(C)nnc31)c1nnc(C)n1-2. The molecule has 2 atom stereocenters. The molecule has 17 nitrogen and oxygen atoms in total. The first-order valence-electron chi connectivity index (χ1n) is 20.4. The van der Waals surface area contributed by atoms with Crippen molar-refractivity contribution in [3.63, 3.8) is 0 Å². The van der Waals surface area contributed by atoms with E-state index in [2.05, 4.69) is 41.7 Å². The molecule has 4 N–H and O–H groups in total. The first-order valence-corrected chi connectivity index (χ1v) is 21.2. The van der Waals surface area contributed by atoms with E-state index in [1.54, 1.807) is 38.5 Å². The highest BCUT2D eigenvalue weighted by Crippen LogP contribution is 2.36. The number of nitrogens with one attached hydrogen (secondary N) is 4. The van der Waals surface area contributed by atoms with Gasteiger partial charge in [-0.25, -0.2) is 4.79 Å². The van der Waals surface area contributed by atoms with Gasteiger partial charge in [0.1, 0.15) is 35.2 Å². The van der Waals surface area contributed by atoms with E-state index in [4.69, 9.17) is 42.7 Å². The normalized spacial score (nSPS) is 14.8. The summed E-state index contributed by atoms with van der Waals surface area (Å²) in [5.74, 6) is 3.02. The van der Waals surface area contributed by atoms with E-state index in [9.17, 15) is 14.4 Å². The van der Waals surface area contributed by atoms with Crippen molar-refractivity contribution < 1.29 is 23.9 Å². The number of carbonyl (C=O) groups is 3. The van der Waals surface area contributed by atoms with Gasteiger partial charge in [-0.05, 0) is 74.5 Å². The van der Waals surface area contributed by atoms with Gasteiger partial charge in [0.2, 0.25) is 11.8 Å². The molecular weight excluding hydrogens is 859 g/mol. The van der Waals surface area contributed by atoms with Crippen molar-refractivity contribution in [1.29, 1.82) is 0 Å². The number of aryl methyl sites for hydroxylation is 2. The van der Waals surface area contributed by atoms with Gasteiger partial charge < -0.3 is 30.7 Å². The van der Waals surface area contributed by atoms with Crippen LogP contribution in [0.4, 0.5) is 4.79 Å². The smallest absolute Gasteiger partial charge is 0.314 e. The van der Waals surface area contributed by atoms with E-state index in [-0.39, 0.29) is 50.8 Å². The molecular formula is C45H44Cl2N12O5. The molecule has 8 rings (SSSR count). The van der Waals surface area contributed by atoms with Crippen molar-refractivity contribution in [1.82, 2.24) is 50.8 Å². The van der Waals surface area contributed by atoms with Crippen molar-refractivity contribution in [2.45, 2.75) is 38.8 Å². The maximum atomic E-state index is 13.4. The zero-order valence-electron chi connectivity index (χ0n) is 35.4. The number of nitrogens with zero attached hydrogens (tertiary/aromatic N) is 8. The number of halogens is 2. The van der Waals surface area contributed by atoms with Crippen LogP contribution in [0.2, 0.25) is 10.0 Å². The fourth-order valence-electron chi connectivity index (χ4n) is 7.67.